The molecule has 0 saturated carbocycles. The molecule has 0 aliphatic heterocycles. The Morgan fingerprint density at radius 2 is 1.88 bits per heavy atom. The third kappa shape index (κ3) is 2.82. The third-order valence-corrected chi connectivity index (χ3v) is 4.13. The number of rotatable bonds is 4. The van der Waals surface area contributed by atoms with Crippen LogP contribution < -0.4 is 14.9 Å². The lowest BCUT2D eigenvalue weighted by molar-refractivity contribution is 0.407. The summed E-state index contributed by atoms with van der Waals surface area (Å²) in [7, 11) is 2.98. The first-order chi connectivity index (χ1) is 12.0. The van der Waals surface area contributed by atoms with Crippen molar-refractivity contribution in [3.05, 3.63) is 51.7 Å². The van der Waals surface area contributed by atoms with Gasteiger partial charge in [-0.05, 0) is 32.4 Å². The van der Waals surface area contributed by atoms with Crippen molar-refractivity contribution in [1.82, 2.24) is 0 Å². The summed E-state index contributed by atoms with van der Waals surface area (Å²) in [4.78, 5) is 13.0. The molecule has 0 spiro atoms. The van der Waals surface area contributed by atoms with Gasteiger partial charge in [-0.3, -0.25) is 4.79 Å². The highest BCUT2D eigenvalue weighted by atomic mass is 16.5. The molecule has 5 heteroatoms. The maximum Gasteiger partial charge on any atom is 0.204 e. The number of hydrogen-bond donors (Lipinski definition) is 1. The summed E-state index contributed by atoms with van der Waals surface area (Å²) in [6.07, 6.45) is 2.41. The van der Waals surface area contributed by atoms with Crippen LogP contribution in [-0.4, -0.2) is 19.3 Å². The predicted molar refractivity (Wildman–Crippen MR) is 97.9 cm³/mol. The quantitative estimate of drug-likeness (QED) is 0.570. The molecule has 0 unspecified atom stereocenters. The van der Waals surface area contributed by atoms with Crippen molar-refractivity contribution in [2.24, 2.45) is 0 Å². The lowest BCUT2D eigenvalue weighted by Crippen LogP contribution is -2.06. The fraction of sp³-hybridized carbons (Fsp3) is 0.250. The van der Waals surface area contributed by atoms with Crippen LogP contribution >= 0.6 is 0 Å². The van der Waals surface area contributed by atoms with E-state index in [4.69, 9.17) is 13.9 Å². The molecule has 0 amide bonds. The van der Waals surface area contributed by atoms with Crippen molar-refractivity contribution >= 4 is 21.9 Å². The van der Waals surface area contributed by atoms with Crippen molar-refractivity contribution in [2.75, 3.05) is 14.2 Å². The molecule has 1 aromatic heterocycles. The number of phenols is 1. The van der Waals surface area contributed by atoms with Gasteiger partial charge in [0.1, 0.15) is 22.5 Å². The predicted octanol–water partition coefficient (Wildman–Crippen LogP) is 4.18. The van der Waals surface area contributed by atoms with Crippen molar-refractivity contribution in [3.63, 3.8) is 0 Å². The standard InChI is InChI=1S/C20H20O5/c1-11(2)8-9-12-14(21)10-16(24-4)17-18(22)13-6-5-7-15(23-3)19(13)25-20(12)17/h5-8,10,21H,9H2,1-4H3. The van der Waals surface area contributed by atoms with E-state index >= 15 is 0 Å². The van der Waals surface area contributed by atoms with E-state index in [0.29, 0.717) is 39.7 Å². The molecule has 0 bridgehead atoms. The second-order valence-electron chi connectivity index (χ2n) is 6.03. The van der Waals surface area contributed by atoms with Crippen molar-refractivity contribution in [3.8, 4) is 17.2 Å². The van der Waals surface area contributed by atoms with Gasteiger partial charge in [0.25, 0.3) is 0 Å². The molecule has 1 heterocycles. The fourth-order valence-electron chi connectivity index (χ4n) is 2.85. The van der Waals surface area contributed by atoms with Gasteiger partial charge in [-0.1, -0.05) is 17.7 Å². The molecule has 5 nitrogen and oxygen atoms in total. The summed E-state index contributed by atoms with van der Waals surface area (Å²) in [5, 5.41) is 11.1. The minimum Gasteiger partial charge on any atom is -0.507 e. The van der Waals surface area contributed by atoms with Gasteiger partial charge in [0.2, 0.25) is 5.43 Å². The topological polar surface area (TPSA) is 68.9 Å². The molecule has 0 radical (unpaired) electrons. The fourth-order valence-corrected chi connectivity index (χ4v) is 2.85. The van der Waals surface area contributed by atoms with Crippen LogP contribution in [0.3, 0.4) is 0 Å². The molecule has 1 N–H and O–H groups in total. The summed E-state index contributed by atoms with van der Waals surface area (Å²) in [5.41, 5.74) is 2.10. The summed E-state index contributed by atoms with van der Waals surface area (Å²) < 4.78 is 16.7. The van der Waals surface area contributed by atoms with Crippen LogP contribution in [0.2, 0.25) is 0 Å². The number of methoxy groups -OCH3 is 2. The maximum absolute atomic E-state index is 13.0. The van der Waals surface area contributed by atoms with Crippen molar-refractivity contribution < 1.29 is 19.0 Å². The molecule has 130 valence electrons. The van der Waals surface area contributed by atoms with E-state index in [0.717, 1.165) is 5.57 Å². The highest BCUT2D eigenvalue weighted by Gasteiger charge is 2.20. The Balaban J connectivity index is 2.50. The molecule has 25 heavy (non-hydrogen) atoms. The SMILES string of the molecule is COc1cccc2c(=O)c3c(OC)cc(O)c(CC=C(C)C)c3oc12. The van der Waals surface area contributed by atoms with E-state index < -0.39 is 0 Å². The number of ether oxygens (including phenoxy) is 2. The highest BCUT2D eigenvalue weighted by Crippen LogP contribution is 2.37. The molecule has 0 aliphatic rings. The van der Waals surface area contributed by atoms with Gasteiger partial charge < -0.3 is 19.0 Å². The normalized spacial score (nSPS) is 10.9. The molecule has 0 aliphatic carbocycles. The molecule has 0 fully saturated rings. The maximum atomic E-state index is 13.0. The van der Waals surface area contributed by atoms with Crippen molar-refractivity contribution in [2.45, 2.75) is 20.3 Å². The number of fused-ring (bicyclic) bond motifs is 2. The van der Waals surface area contributed by atoms with Crippen LogP contribution in [0.4, 0.5) is 0 Å². The Hall–Kier alpha value is -2.95. The second-order valence-corrected chi connectivity index (χ2v) is 6.03. The summed E-state index contributed by atoms with van der Waals surface area (Å²) in [6, 6.07) is 6.61. The number of aromatic hydroxyl groups is 1. The Morgan fingerprint density at radius 1 is 1.16 bits per heavy atom. The van der Waals surface area contributed by atoms with E-state index in [2.05, 4.69) is 0 Å². The number of para-hydroxylation sites is 1. The zero-order valence-corrected chi connectivity index (χ0v) is 14.7. The monoisotopic (exact) mass is 340 g/mol. The molecule has 3 aromatic rings. The van der Waals surface area contributed by atoms with Crippen LogP contribution in [0, 0.1) is 0 Å². The Kier molecular flexibility index (Phi) is 4.40. The van der Waals surface area contributed by atoms with Gasteiger partial charge in [-0.15, -0.1) is 0 Å². The minimum atomic E-state index is -0.217. The van der Waals surface area contributed by atoms with Gasteiger partial charge in [-0.25, -0.2) is 0 Å². The van der Waals surface area contributed by atoms with Gasteiger partial charge >= 0.3 is 0 Å². The average Bonchev–Trinajstić information content (AvgIpc) is 2.59. The van der Waals surface area contributed by atoms with E-state index in [1.54, 1.807) is 18.2 Å². The minimum absolute atomic E-state index is 0.0271. The van der Waals surface area contributed by atoms with Crippen LogP contribution in [0.5, 0.6) is 17.2 Å². The summed E-state index contributed by atoms with van der Waals surface area (Å²) in [5.74, 6) is 0.776. The largest absolute Gasteiger partial charge is 0.507 e. The zero-order valence-electron chi connectivity index (χ0n) is 14.7. The summed E-state index contributed by atoms with van der Waals surface area (Å²) >= 11 is 0. The van der Waals surface area contributed by atoms with E-state index in [-0.39, 0.29) is 16.9 Å². The van der Waals surface area contributed by atoms with Gasteiger partial charge in [0.15, 0.2) is 11.3 Å². The first-order valence-corrected chi connectivity index (χ1v) is 7.93. The summed E-state index contributed by atoms with van der Waals surface area (Å²) in [6.45, 7) is 3.94. The molecular weight excluding hydrogens is 320 g/mol. The number of allylic oxidation sites excluding steroid dienone is 2. The number of benzene rings is 2. The van der Waals surface area contributed by atoms with E-state index in [1.807, 2.05) is 19.9 Å². The third-order valence-electron chi connectivity index (χ3n) is 4.13. The zero-order chi connectivity index (χ0) is 18.1. The Morgan fingerprint density at radius 3 is 2.52 bits per heavy atom. The molecule has 2 aromatic carbocycles. The lowest BCUT2D eigenvalue weighted by Gasteiger charge is -2.12. The molecule has 0 atom stereocenters. The van der Waals surface area contributed by atoms with Crippen LogP contribution in [0.1, 0.15) is 19.4 Å². The number of phenolic OH excluding ortho intramolecular Hbond substituents is 1. The van der Waals surface area contributed by atoms with E-state index in [9.17, 15) is 9.90 Å². The van der Waals surface area contributed by atoms with Gasteiger partial charge in [0.05, 0.1) is 19.6 Å². The van der Waals surface area contributed by atoms with Crippen molar-refractivity contribution in [1.29, 1.82) is 0 Å². The number of hydrogen-bond acceptors (Lipinski definition) is 5. The van der Waals surface area contributed by atoms with Crippen LogP contribution in [0.15, 0.2) is 45.1 Å². The first kappa shape index (κ1) is 16.9. The van der Waals surface area contributed by atoms with Gasteiger partial charge in [-0.2, -0.15) is 0 Å². The Labute approximate surface area is 145 Å². The molecule has 0 saturated heterocycles. The first-order valence-electron chi connectivity index (χ1n) is 7.93. The van der Waals surface area contributed by atoms with Crippen LogP contribution in [-0.2, 0) is 6.42 Å². The Bertz CT molecular complexity index is 1040. The van der Waals surface area contributed by atoms with Crippen LogP contribution in [0.25, 0.3) is 21.9 Å². The molecule has 3 rings (SSSR count). The average molecular weight is 340 g/mol. The lowest BCUT2D eigenvalue weighted by atomic mass is 10.0. The van der Waals surface area contributed by atoms with Gasteiger partial charge in [0, 0.05) is 11.6 Å². The highest BCUT2D eigenvalue weighted by molar-refractivity contribution is 5.97. The molecular formula is C20H20O5. The van der Waals surface area contributed by atoms with E-state index in [1.165, 1.54) is 20.3 Å². The smallest absolute Gasteiger partial charge is 0.204 e. The second kappa shape index (κ2) is 6.51.